The monoisotopic (exact) mass is 431 g/mol. The number of hydrogen-bond acceptors (Lipinski definition) is 6. The van der Waals surface area contributed by atoms with Crippen LogP contribution in [0.4, 0.5) is 0 Å². The van der Waals surface area contributed by atoms with Crippen molar-refractivity contribution in [1.29, 1.82) is 0 Å². The van der Waals surface area contributed by atoms with E-state index in [1.54, 1.807) is 0 Å². The fourth-order valence-corrected chi connectivity index (χ4v) is 3.58. The fourth-order valence-electron chi connectivity index (χ4n) is 3.58. The molecule has 5 N–H and O–H groups in total. The van der Waals surface area contributed by atoms with Gasteiger partial charge in [-0.1, -0.05) is 104 Å². The summed E-state index contributed by atoms with van der Waals surface area (Å²) in [6.45, 7) is 4.27. The molecule has 0 spiro atoms. The van der Waals surface area contributed by atoms with Gasteiger partial charge in [-0.25, -0.2) is 0 Å². The van der Waals surface area contributed by atoms with E-state index >= 15 is 0 Å². The second kappa shape index (κ2) is 20.2. The van der Waals surface area contributed by atoms with Crippen LogP contribution in [0.2, 0.25) is 0 Å². The Hall–Kier alpha value is -0.690. The van der Waals surface area contributed by atoms with Crippen molar-refractivity contribution in [1.82, 2.24) is 0 Å². The number of hydrogen-bond donors (Lipinski definition) is 4. The summed E-state index contributed by atoms with van der Waals surface area (Å²) in [5.74, 6) is -0.533. The van der Waals surface area contributed by atoms with E-state index in [0.29, 0.717) is 12.8 Å². The molecule has 0 rings (SSSR count). The SMILES string of the molecule is CCCCCCCCCCCCCCC(O)C(O)C(N)C(O)OC(=O)CCCCC. The molecule has 0 saturated heterocycles. The van der Waals surface area contributed by atoms with Crippen LogP contribution in [0.25, 0.3) is 0 Å². The lowest BCUT2D eigenvalue weighted by atomic mass is 9.99. The summed E-state index contributed by atoms with van der Waals surface area (Å²) in [6.07, 6.45) is 14.0. The molecular formula is C24H49NO5. The highest BCUT2D eigenvalue weighted by Crippen LogP contribution is 2.15. The topological polar surface area (TPSA) is 113 Å². The van der Waals surface area contributed by atoms with Crippen LogP contribution in [-0.2, 0) is 9.53 Å². The average molecular weight is 432 g/mol. The molecule has 0 bridgehead atoms. The Morgan fingerprint density at radius 2 is 1.17 bits per heavy atom. The molecule has 0 aromatic heterocycles. The van der Waals surface area contributed by atoms with E-state index in [4.69, 9.17) is 10.5 Å². The Kier molecular flexibility index (Phi) is 19.8. The van der Waals surface area contributed by atoms with Gasteiger partial charge in [0, 0.05) is 6.42 Å². The standard InChI is InChI=1S/C24H49NO5/c1-3-5-7-8-9-10-11-12-13-14-15-17-18-20(26)23(28)22(25)24(29)30-21(27)19-16-6-4-2/h20,22-24,26,28-29H,3-19,25H2,1-2H3. The number of carbonyl (C=O) groups excluding carboxylic acids is 1. The minimum atomic E-state index is -1.61. The molecule has 6 heteroatoms. The van der Waals surface area contributed by atoms with Crippen LogP contribution in [0.15, 0.2) is 0 Å². The van der Waals surface area contributed by atoms with Gasteiger partial charge < -0.3 is 25.8 Å². The summed E-state index contributed by atoms with van der Waals surface area (Å²) in [7, 11) is 0. The number of carbonyl (C=O) groups is 1. The number of unbranched alkanes of at least 4 members (excludes halogenated alkanes) is 13. The zero-order valence-electron chi connectivity index (χ0n) is 19.6. The third-order valence-electron chi connectivity index (χ3n) is 5.71. The van der Waals surface area contributed by atoms with E-state index < -0.39 is 30.5 Å². The summed E-state index contributed by atoms with van der Waals surface area (Å²) in [5, 5.41) is 30.2. The number of esters is 1. The number of ether oxygens (including phenoxy) is 1. The molecule has 0 saturated carbocycles. The van der Waals surface area contributed by atoms with Crippen molar-refractivity contribution in [3.05, 3.63) is 0 Å². The quantitative estimate of drug-likeness (QED) is 0.120. The summed E-state index contributed by atoms with van der Waals surface area (Å²) in [5.41, 5.74) is 5.76. The Balaban J connectivity index is 3.74. The molecule has 0 aliphatic carbocycles. The molecule has 0 aromatic carbocycles. The van der Waals surface area contributed by atoms with E-state index in [-0.39, 0.29) is 6.42 Å². The van der Waals surface area contributed by atoms with Crippen molar-refractivity contribution in [2.45, 2.75) is 148 Å². The molecule has 0 radical (unpaired) electrons. The molecule has 4 atom stereocenters. The zero-order chi connectivity index (χ0) is 22.6. The molecule has 0 fully saturated rings. The largest absolute Gasteiger partial charge is 0.434 e. The lowest BCUT2D eigenvalue weighted by Crippen LogP contribution is -2.51. The van der Waals surface area contributed by atoms with Gasteiger partial charge in [0.25, 0.3) is 0 Å². The lowest BCUT2D eigenvalue weighted by Gasteiger charge is -2.27. The van der Waals surface area contributed by atoms with E-state index in [1.165, 1.54) is 57.8 Å². The smallest absolute Gasteiger partial charge is 0.308 e. The van der Waals surface area contributed by atoms with Crippen LogP contribution in [-0.4, -0.2) is 45.8 Å². The molecule has 0 amide bonds. The van der Waals surface area contributed by atoms with Crippen LogP contribution in [0.1, 0.15) is 123 Å². The number of aliphatic hydroxyl groups is 3. The first-order valence-electron chi connectivity index (χ1n) is 12.4. The molecular weight excluding hydrogens is 382 g/mol. The van der Waals surface area contributed by atoms with Crippen molar-refractivity contribution in [2.24, 2.45) is 5.73 Å². The number of nitrogens with two attached hydrogens (primary N) is 1. The zero-order valence-corrected chi connectivity index (χ0v) is 19.6. The van der Waals surface area contributed by atoms with Crippen molar-refractivity contribution in [3.63, 3.8) is 0 Å². The Labute approximate surface area is 184 Å². The van der Waals surface area contributed by atoms with Gasteiger partial charge in [0.05, 0.1) is 12.1 Å². The molecule has 6 nitrogen and oxygen atoms in total. The highest BCUT2D eigenvalue weighted by Gasteiger charge is 2.30. The van der Waals surface area contributed by atoms with Gasteiger partial charge in [-0.3, -0.25) is 4.79 Å². The Morgan fingerprint density at radius 3 is 1.67 bits per heavy atom. The van der Waals surface area contributed by atoms with Crippen molar-refractivity contribution in [3.8, 4) is 0 Å². The Morgan fingerprint density at radius 1 is 0.733 bits per heavy atom. The first kappa shape index (κ1) is 29.3. The van der Waals surface area contributed by atoms with Gasteiger partial charge in [-0.15, -0.1) is 0 Å². The minimum Gasteiger partial charge on any atom is -0.434 e. The second-order valence-corrected chi connectivity index (χ2v) is 8.65. The van der Waals surface area contributed by atoms with Gasteiger partial charge in [0.15, 0.2) is 0 Å². The third kappa shape index (κ3) is 16.1. The first-order valence-corrected chi connectivity index (χ1v) is 12.4. The van der Waals surface area contributed by atoms with Gasteiger partial charge in [0.2, 0.25) is 6.29 Å². The van der Waals surface area contributed by atoms with Crippen molar-refractivity contribution >= 4 is 5.97 Å². The summed E-state index contributed by atoms with van der Waals surface area (Å²) in [4.78, 5) is 11.6. The maximum Gasteiger partial charge on any atom is 0.308 e. The highest BCUT2D eigenvalue weighted by atomic mass is 16.6. The molecule has 0 aromatic rings. The van der Waals surface area contributed by atoms with Crippen LogP contribution < -0.4 is 5.73 Å². The number of aliphatic hydroxyl groups excluding tert-OH is 3. The lowest BCUT2D eigenvalue weighted by molar-refractivity contribution is -0.179. The molecule has 0 heterocycles. The predicted octanol–water partition coefficient (Wildman–Crippen LogP) is 4.57. The average Bonchev–Trinajstić information content (AvgIpc) is 2.73. The van der Waals surface area contributed by atoms with E-state index in [1.807, 2.05) is 6.92 Å². The maximum absolute atomic E-state index is 11.6. The van der Waals surface area contributed by atoms with Crippen LogP contribution in [0.3, 0.4) is 0 Å². The molecule has 30 heavy (non-hydrogen) atoms. The first-order chi connectivity index (χ1) is 14.4. The van der Waals surface area contributed by atoms with Crippen molar-refractivity contribution in [2.75, 3.05) is 0 Å². The molecule has 0 aliphatic rings. The fraction of sp³-hybridized carbons (Fsp3) is 0.958. The summed E-state index contributed by atoms with van der Waals surface area (Å²) in [6, 6.07) is -1.22. The van der Waals surface area contributed by atoms with Gasteiger partial charge in [-0.05, 0) is 12.8 Å². The maximum atomic E-state index is 11.6. The summed E-state index contributed by atoms with van der Waals surface area (Å²) < 4.78 is 4.87. The second-order valence-electron chi connectivity index (χ2n) is 8.65. The highest BCUT2D eigenvalue weighted by molar-refractivity contribution is 5.69. The van der Waals surface area contributed by atoms with E-state index in [0.717, 1.165) is 32.1 Å². The number of rotatable bonds is 21. The normalized spacial score (nSPS) is 15.5. The molecule has 4 unspecified atom stereocenters. The van der Waals surface area contributed by atoms with E-state index in [2.05, 4.69) is 6.92 Å². The van der Waals surface area contributed by atoms with Gasteiger partial charge in [-0.2, -0.15) is 0 Å². The van der Waals surface area contributed by atoms with Gasteiger partial charge in [0.1, 0.15) is 6.10 Å². The third-order valence-corrected chi connectivity index (χ3v) is 5.71. The predicted molar refractivity (Wildman–Crippen MR) is 122 cm³/mol. The minimum absolute atomic E-state index is 0.217. The molecule has 0 aliphatic heterocycles. The van der Waals surface area contributed by atoms with E-state index in [9.17, 15) is 20.1 Å². The Bertz CT molecular complexity index is 394. The van der Waals surface area contributed by atoms with Crippen molar-refractivity contribution < 1.29 is 24.9 Å². The van der Waals surface area contributed by atoms with Crippen LogP contribution in [0, 0.1) is 0 Å². The van der Waals surface area contributed by atoms with Gasteiger partial charge >= 0.3 is 5.97 Å². The van der Waals surface area contributed by atoms with Crippen LogP contribution in [0.5, 0.6) is 0 Å². The van der Waals surface area contributed by atoms with Crippen LogP contribution >= 0.6 is 0 Å². The summed E-state index contributed by atoms with van der Waals surface area (Å²) >= 11 is 0. The molecule has 180 valence electrons.